The van der Waals surface area contributed by atoms with Crippen LogP contribution >= 0.6 is 11.3 Å². The molecule has 1 aromatic carbocycles. The lowest BCUT2D eigenvalue weighted by molar-refractivity contribution is -0.143. The van der Waals surface area contributed by atoms with Crippen LogP contribution in [-0.2, 0) is 20.9 Å². The van der Waals surface area contributed by atoms with Gasteiger partial charge in [-0.05, 0) is 50.3 Å². The summed E-state index contributed by atoms with van der Waals surface area (Å²) in [5.41, 5.74) is 2.06. The summed E-state index contributed by atoms with van der Waals surface area (Å²) < 4.78 is 7.92. The minimum Gasteiger partial charge on any atom is -0.465 e. The zero-order valence-electron chi connectivity index (χ0n) is 15.5. The van der Waals surface area contributed by atoms with Crippen LogP contribution in [-0.4, -0.2) is 23.1 Å². The van der Waals surface area contributed by atoms with Crippen molar-refractivity contribution in [2.24, 2.45) is 10.9 Å². The number of carbonyl (C=O) groups is 2. The van der Waals surface area contributed by atoms with Crippen molar-refractivity contribution in [3.05, 3.63) is 28.6 Å². The lowest BCUT2D eigenvalue weighted by atomic mass is 9.87. The van der Waals surface area contributed by atoms with E-state index in [0.717, 1.165) is 28.6 Å². The van der Waals surface area contributed by atoms with Crippen LogP contribution in [0, 0.1) is 12.8 Å². The molecule has 2 aromatic rings. The van der Waals surface area contributed by atoms with E-state index in [4.69, 9.17) is 4.74 Å². The SMILES string of the molecule is CCOC(=O)Cn1c(=NC(=O)CC2CCCCC2)sc2cc(C)ccc21. The number of aromatic nitrogens is 1. The first-order chi connectivity index (χ1) is 12.6. The smallest absolute Gasteiger partial charge is 0.326 e. The van der Waals surface area contributed by atoms with Crippen molar-refractivity contribution in [2.75, 3.05) is 6.61 Å². The Kier molecular flexibility index (Phi) is 6.25. The van der Waals surface area contributed by atoms with Crippen molar-refractivity contribution in [1.29, 1.82) is 0 Å². The standard InChI is InChI=1S/C20H26N2O3S/c1-3-25-19(24)13-22-16-10-9-14(2)11-17(16)26-20(22)21-18(23)12-15-7-5-4-6-8-15/h9-11,15H,3-8,12-13H2,1-2H3. The molecule has 26 heavy (non-hydrogen) atoms. The normalized spacial score (nSPS) is 16.2. The van der Waals surface area contributed by atoms with Gasteiger partial charge in [-0.3, -0.25) is 9.59 Å². The number of fused-ring (bicyclic) bond motifs is 1. The van der Waals surface area contributed by atoms with E-state index in [1.807, 2.05) is 19.1 Å². The van der Waals surface area contributed by atoms with Gasteiger partial charge in [0.05, 0.1) is 16.8 Å². The van der Waals surface area contributed by atoms with Crippen LogP contribution in [0.2, 0.25) is 0 Å². The van der Waals surface area contributed by atoms with E-state index >= 15 is 0 Å². The number of hydrogen-bond donors (Lipinski definition) is 0. The maximum absolute atomic E-state index is 12.5. The van der Waals surface area contributed by atoms with E-state index in [2.05, 4.69) is 11.1 Å². The number of carbonyl (C=O) groups excluding carboxylic acids is 2. The number of thiazole rings is 1. The average Bonchev–Trinajstić information content (AvgIpc) is 2.92. The lowest BCUT2D eigenvalue weighted by Gasteiger charge is -2.19. The fraction of sp³-hybridized carbons (Fsp3) is 0.550. The van der Waals surface area contributed by atoms with Crippen molar-refractivity contribution < 1.29 is 14.3 Å². The van der Waals surface area contributed by atoms with Gasteiger partial charge in [0.1, 0.15) is 6.54 Å². The maximum atomic E-state index is 12.5. The van der Waals surface area contributed by atoms with E-state index in [1.165, 1.54) is 30.6 Å². The molecule has 1 amide bonds. The number of esters is 1. The van der Waals surface area contributed by atoms with E-state index < -0.39 is 0 Å². The first kappa shape index (κ1) is 18.8. The number of ether oxygens (including phenoxy) is 1. The molecule has 140 valence electrons. The second-order valence-electron chi connectivity index (χ2n) is 6.96. The van der Waals surface area contributed by atoms with Crippen LogP contribution in [0.25, 0.3) is 10.2 Å². The molecule has 1 aromatic heterocycles. The molecule has 0 radical (unpaired) electrons. The van der Waals surface area contributed by atoms with E-state index in [9.17, 15) is 9.59 Å². The van der Waals surface area contributed by atoms with Crippen LogP contribution < -0.4 is 4.80 Å². The van der Waals surface area contributed by atoms with Crippen molar-refractivity contribution in [1.82, 2.24) is 4.57 Å². The van der Waals surface area contributed by atoms with Gasteiger partial charge in [0.25, 0.3) is 0 Å². The van der Waals surface area contributed by atoms with Crippen molar-refractivity contribution in [3.8, 4) is 0 Å². The van der Waals surface area contributed by atoms with Crippen LogP contribution in [0.1, 0.15) is 51.0 Å². The Bertz CT molecular complexity index is 860. The minimum atomic E-state index is -0.311. The van der Waals surface area contributed by atoms with Gasteiger partial charge in [0.15, 0.2) is 4.80 Å². The molecule has 0 saturated heterocycles. The summed E-state index contributed by atoms with van der Waals surface area (Å²) in [6.07, 6.45) is 6.45. The predicted molar refractivity (Wildman–Crippen MR) is 103 cm³/mol. The first-order valence-corrected chi connectivity index (χ1v) is 10.2. The molecule has 0 aliphatic heterocycles. The molecule has 0 N–H and O–H groups in total. The topological polar surface area (TPSA) is 60.7 Å². The van der Waals surface area contributed by atoms with Gasteiger partial charge in [-0.25, -0.2) is 0 Å². The second-order valence-corrected chi connectivity index (χ2v) is 7.97. The van der Waals surface area contributed by atoms with Gasteiger partial charge in [0.2, 0.25) is 5.91 Å². The van der Waals surface area contributed by atoms with Gasteiger partial charge in [-0.1, -0.05) is 36.7 Å². The fourth-order valence-electron chi connectivity index (χ4n) is 3.54. The minimum absolute atomic E-state index is 0.0758. The molecular formula is C20H26N2O3S. The molecule has 1 fully saturated rings. The Balaban J connectivity index is 1.91. The maximum Gasteiger partial charge on any atom is 0.326 e. The summed E-state index contributed by atoms with van der Waals surface area (Å²) in [5.74, 6) is 0.0573. The van der Waals surface area contributed by atoms with Crippen molar-refractivity contribution in [2.45, 2.75) is 58.9 Å². The number of hydrogen-bond acceptors (Lipinski definition) is 4. The number of benzene rings is 1. The fourth-order valence-corrected chi connectivity index (χ4v) is 4.69. The van der Waals surface area contributed by atoms with Gasteiger partial charge in [-0.15, -0.1) is 0 Å². The predicted octanol–water partition coefficient (Wildman–Crippen LogP) is 3.97. The number of rotatable bonds is 5. The summed E-state index contributed by atoms with van der Waals surface area (Å²) >= 11 is 1.46. The monoisotopic (exact) mass is 374 g/mol. The van der Waals surface area contributed by atoms with Gasteiger partial charge >= 0.3 is 5.97 Å². The third kappa shape index (κ3) is 4.61. The van der Waals surface area contributed by atoms with E-state index in [1.54, 1.807) is 11.5 Å². The molecule has 0 bridgehead atoms. The molecule has 1 aliphatic carbocycles. The molecule has 0 atom stereocenters. The third-order valence-corrected chi connectivity index (χ3v) is 5.88. The van der Waals surface area contributed by atoms with Crippen LogP contribution in [0.3, 0.4) is 0 Å². The molecule has 1 saturated carbocycles. The number of nitrogens with zero attached hydrogens (tertiary/aromatic N) is 2. The summed E-state index contributed by atoms with van der Waals surface area (Å²) in [7, 11) is 0. The number of amides is 1. The van der Waals surface area contributed by atoms with Gasteiger partial charge in [0, 0.05) is 6.42 Å². The second kappa shape index (κ2) is 8.62. The summed E-state index contributed by atoms with van der Waals surface area (Å²) in [4.78, 5) is 29.5. The molecule has 1 heterocycles. The largest absolute Gasteiger partial charge is 0.465 e. The quantitative estimate of drug-likeness (QED) is 0.744. The van der Waals surface area contributed by atoms with Crippen molar-refractivity contribution in [3.63, 3.8) is 0 Å². The Labute approximate surface area is 157 Å². The summed E-state index contributed by atoms with van der Waals surface area (Å²) in [6, 6.07) is 6.04. The highest BCUT2D eigenvalue weighted by Gasteiger charge is 2.18. The highest BCUT2D eigenvalue weighted by molar-refractivity contribution is 7.16. The van der Waals surface area contributed by atoms with E-state index in [0.29, 0.717) is 23.7 Å². The number of aryl methyl sites for hydroxylation is 1. The van der Waals surface area contributed by atoms with E-state index in [-0.39, 0.29) is 18.4 Å². The molecular weight excluding hydrogens is 348 g/mol. The Morgan fingerprint density at radius 2 is 2.04 bits per heavy atom. The first-order valence-electron chi connectivity index (χ1n) is 9.40. The van der Waals surface area contributed by atoms with Gasteiger partial charge < -0.3 is 9.30 Å². The highest BCUT2D eigenvalue weighted by Crippen LogP contribution is 2.26. The van der Waals surface area contributed by atoms with Crippen LogP contribution in [0.5, 0.6) is 0 Å². The third-order valence-electron chi connectivity index (χ3n) is 4.84. The average molecular weight is 375 g/mol. The zero-order chi connectivity index (χ0) is 18.5. The van der Waals surface area contributed by atoms with Crippen LogP contribution in [0.4, 0.5) is 0 Å². The molecule has 0 unspecified atom stereocenters. The summed E-state index contributed by atoms with van der Waals surface area (Å²) in [5, 5.41) is 0. The highest BCUT2D eigenvalue weighted by atomic mass is 32.1. The molecule has 1 aliphatic rings. The molecule has 0 spiro atoms. The Morgan fingerprint density at radius 1 is 1.27 bits per heavy atom. The molecule has 5 nitrogen and oxygen atoms in total. The molecule has 3 rings (SSSR count). The lowest BCUT2D eigenvalue weighted by Crippen LogP contribution is -2.23. The zero-order valence-corrected chi connectivity index (χ0v) is 16.3. The summed E-state index contributed by atoms with van der Waals surface area (Å²) in [6.45, 7) is 4.23. The Hall–Kier alpha value is -1.95. The van der Waals surface area contributed by atoms with Crippen LogP contribution in [0.15, 0.2) is 23.2 Å². The van der Waals surface area contributed by atoms with Gasteiger partial charge in [-0.2, -0.15) is 4.99 Å². The van der Waals surface area contributed by atoms with Crippen molar-refractivity contribution >= 4 is 33.4 Å². The Morgan fingerprint density at radius 3 is 2.77 bits per heavy atom. The molecule has 6 heteroatoms.